The highest BCUT2D eigenvalue weighted by Crippen LogP contribution is 2.19. The summed E-state index contributed by atoms with van der Waals surface area (Å²) in [5.41, 5.74) is -0.798. The lowest BCUT2D eigenvalue weighted by Gasteiger charge is -2.29. The molecule has 0 aromatic heterocycles. The fourth-order valence-corrected chi connectivity index (χ4v) is 1.97. The molecule has 3 nitrogen and oxygen atoms in total. The Labute approximate surface area is 124 Å². The molecule has 1 aromatic rings. The standard InChI is InChI=1S/C16H23F2NO2/c1-4-11(2)16(3,21)10-19-14(20)9-8-12-6-5-7-13(17)15(12)18/h5-7,11,21H,4,8-10H2,1-3H3,(H,19,20). The van der Waals surface area contributed by atoms with Crippen molar-refractivity contribution >= 4 is 5.91 Å². The summed E-state index contributed by atoms with van der Waals surface area (Å²) in [6.07, 6.45) is 0.981. The van der Waals surface area contributed by atoms with Crippen molar-refractivity contribution in [3.8, 4) is 0 Å². The van der Waals surface area contributed by atoms with Gasteiger partial charge in [-0.15, -0.1) is 0 Å². The van der Waals surface area contributed by atoms with Gasteiger partial charge in [0, 0.05) is 13.0 Å². The monoisotopic (exact) mass is 299 g/mol. The van der Waals surface area contributed by atoms with Crippen LogP contribution in [-0.2, 0) is 11.2 Å². The highest BCUT2D eigenvalue weighted by atomic mass is 19.2. The van der Waals surface area contributed by atoms with E-state index >= 15 is 0 Å². The molecule has 0 radical (unpaired) electrons. The van der Waals surface area contributed by atoms with Gasteiger partial charge in [-0.05, 0) is 30.9 Å². The van der Waals surface area contributed by atoms with E-state index in [1.54, 1.807) is 6.92 Å². The topological polar surface area (TPSA) is 49.3 Å². The maximum absolute atomic E-state index is 13.4. The van der Waals surface area contributed by atoms with Gasteiger partial charge in [0.2, 0.25) is 5.91 Å². The van der Waals surface area contributed by atoms with E-state index in [1.165, 1.54) is 12.1 Å². The van der Waals surface area contributed by atoms with E-state index in [4.69, 9.17) is 0 Å². The maximum atomic E-state index is 13.4. The number of hydrogen-bond donors (Lipinski definition) is 2. The number of rotatable bonds is 7. The van der Waals surface area contributed by atoms with Gasteiger partial charge in [-0.1, -0.05) is 32.4 Å². The lowest BCUT2D eigenvalue weighted by Crippen LogP contribution is -2.45. The number of carbonyl (C=O) groups excluding carboxylic acids is 1. The van der Waals surface area contributed by atoms with Crippen LogP contribution in [0.4, 0.5) is 8.78 Å². The van der Waals surface area contributed by atoms with Crippen LogP contribution in [0.2, 0.25) is 0 Å². The largest absolute Gasteiger partial charge is 0.388 e. The number of hydrogen-bond acceptors (Lipinski definition) is 2. The summed E-state index contributed by atoms with van der Waals surface area (Å²) in [7, 11) is 0. The third kappa shape index (κ3) is 5.08. The van der Waals surface area contributed by atoms with Crippen LogP contribution in [0.5, 0.6) is 0 Å². The Kier molecular flexibility index (Phi) is 6.27. The number of amides is 1. The molecule has 0 aliphatic carbocycles. The number of benzene rings is 1. The van der Waals surface area contributed by atoms with Gasteiger partial charge in [-0.25, -0.2) is 8.78 Å². The van der Waals surface area contributed by atoms with Gasteiger partial charge in [0.05, 0.1) is 5.60 Å². The zero-order valence-corrected chi connectivity index (χ0v) is 12.7. The molecule has 0 fully saturated rings. The fourth-order valence-electron chi connectivity index (χ4n) is 1.97. The molecule has 0 saturated carbocycles. The van der Waals surface area contributed by atoms with Crippen LogP contribution in [0.15, 0.2) is 18.2 Å². The van der Waals surface area contributed by atoms with Crippen molar-refractivity contribution in [3.05, 3.63) is 35.4 Å². The summed E-state index contributed by atoms with van der Waals surface area (Å²) in [4.78, 5) is 11.7. The molecular weight excluding hydrogens is 276 g/mol. The number of carbonyl (C=O) groups is 1. The van der Waals surface area contributed by atoms with Crippen LogP contribution in [0.25, 0.3) is 0 Å². The first-order valence-electron chi connectivity index (χ1n) is 7.20. The van der Waals surface area contributed by atoms with Gasteiger partial charge in [0.15, 0.2) is 11.6 Å². The summed E-state index contributed by atoms with van der Waals surface area (Å²) < 4.78 is 26.5. The minimum Gasteiger partial charge on any atom is -0.388 e. The molecule has 0 heterocycles. The van der Waals surface area contributed by atoms with Crippen molar-refractivity contribution in [1.29, 1.82) is 0 Å². The number of aryl methyl sites for hydroxylation is 1. The van der Waals surface area contributed by atoms with E-state index in [1.807, 2.05) is 13.8 Å². The first-order valence-corrected chi connectivity index (χ1v) is 7.20. The van der Waals surface area contributed by atoms with Gasteiger partial charge in [-0.2, -0.15) is 0 Å². The molecule has 0 saturated heterocycles. The van der Waals surface area contributed by atoms with Crippen LogP contribution >= 0.6 is 0 Å². The smallest absolute Gasteiger partial charge is 0.220 e. The van der Waals surface area contributed by atoms with Crippen LogP contribution in [-0.4, -0.2) is 23.2 Å². The Morgan fingerprint density at radius 3 is 2.71 bits per heavy atom. The second-order valence-corrected chi connectivity index (χ2v) is 5.66. The van der Waals surface area contributed by atoms with Crippen LogP contribution in [0.1, 0.15) is 39.2 Å². The molecule has 1 rings (SSSR count). The minimum atomic E-state index is -0.978. The maximum Gasteiger partial charge on any atom is 0.220 e. The van der Waals surface area contributed by atoms with Gasteiger partial charge in [0.25, 0.3) is 0 Å². The quantitative estimate of drug-likeness (QED) is 0.813. The summed E-state index contributed by atoms with van der Waals surface area (Å²) in [6, 6.07) is 3.92. The Morgan fingerprint density at radius 2 is 2.10 bits per heavy atom. The number of nitrogens with one attached hydrogen (secondary N) is 1. The molecule has 5 heteroatoms. The van der Waals surface area contributed by atoms with E-state index in [0.717, 1.165) is 12.5 Å². The second kappa shape index (κ2) is 7.50. The summed E-state index contributed by atoms with van der Waals surface area (Å²) in [5.74, 6) is -2.05. The molecule has 21 heavy (non-hydrogen) atoms. The highest BCUT2D eigenvalue weighted by Gasteiger charge is 2.27. The van der Waals surface area contributed by atoms with Crippen LogP contribution < -0.4 is 5.32 Å². The van der Waals surface area contributed by atoms with Crippen molar-refractivity contribution in [2.75, 3.05) is 6.54 Å². The molecule has 0 aliphatic heterocycles. The van der Waals surface area contributed by atoms with Crippen molar-refractivity contribution < 1.29 is 18.7 Å². The number of aliphatic hydroxyl groups is 1. The third-order valence-electron chi connectivity index (χ3n) is 3.97. The van der Waals surface area contributed by atoms with E-state index in [-0.39, 0.29) is 36.8 Å². The molecular formula is C16H23F2NO2. The average Bonchev–Trinajstić information content (AvgIpc) is 2.45. The van der Waals surface area contributed by atoms with E-state index in [0.29, 0.717) is 0 Å². The van der Waals surface area contributed by atoms with E-state index in [2.05, 4.69) is 5.32 Å². The lowest BCUT2D eigenvalue weighted by molar-refractivity contribution is -0.122. The molecule has 1 aromatic carbocycles. The van der Waals surface area contributed by atoms with Crippen LogP contribution in [0.3, 0.4) is 0 Å². The Morgan fingerprint density at radius 1 is 1.43 bits per heavy atom. The highest BCUT2D eigenvalue weighted by molar-refractivity contribution is 5.76. The summed E-state index contributed by atoms with van der Waals surface area (Å²) in [5, 5.41) is 12.8. The Hall–Kier alpha value is -1.49. The molecule has 0 bridgehead atoms. The minimum absolute atomic E-state index is 0.0525. The van der Waals surface area contributed by atoms with Crippen molar-refractivity contribution in [1.82, 2.24) is 5.32 Å². The molecule has 1 amide bonds. The van der Waals surface area contributed by atoms with Crippen molar-refractivity contribution in [2.45, 2.75) is 45.6 Å². The zero-order chi connectivity index (χ0) is 16.0. The SMILES string of the molecule is CCC(C)C(C)(O)CNC(=O)CCc1cccc(F)c1F. The second-order valence-electron chi connectivity index (χ2n) is 5.66. The zero-order valence-electron chi connectivity index (χ0n) is 12.7. The summed E-state index contributed by atoms with van der Waals surface area (Å²) in [6.45, 7) is 5.70. The Bertz CT molecular complexity index is 489. The predicted octanol–water partition coefficient (Wildman–Crippen LogP) is 2.81. The molecule has 0 spiro atoms. The van der Waals surface area contributed by atoms with E-state index < -0.39 is 17.2 Å². The molecule has 2 unspecified atom stereocenters. The van der Waals surface area contributed by atoms with Crippen LogP contribution in [0, 0.1) is 17.6 Å². The van der Waals surface area contributed by atoms with E-state index in [9.17, 15) is 18.7 Å². The lowest BCUT2D eigenvalue weighted by atomic mass is 9.88. The molecule has 2 N–H and O–H groups in total. The summed E-state index contributed by atoms with van der Waals surface area (Å²) >= 11 is 0. The molecule has 118 valence electrons. The average molecular weight is 299 g/mol. The van der Waals surface area contributed by atoms with Gasteiger partial charge in [-0.3, -0.25) is 4.79 Å². The number of halogens is 2. The first-order chi connectivity index (χ1) is 9.77. The predicted molar refractivity (Wildman–Crippen MR) is 77.8 cm³/mol. The molecule has 2 atom stereocenters. The van der Waals surface area contributed by atoms with Gasteiger partial charge in [0.1, 0.15) is 0 Å². The van der Waals surface area contributed by atoms with Gasteiger partial charge < -0.3 is 10.4 Å². The normalized spacial score (nSPS) is 15.3. The molecule has 0 aliphatic rings. The Balaban J connectivity index is 2.46. The van der Waals surface area contributed by atoms with Crippen molar-refractivity contribution in [2.24, 2.45) is 5.92 Å². The third-order valence-corrected chi connectivity index (χ3v) is 3.97. The first kappa shape index (κ1) is 17.6. The van der Waals surface area contributed by atoms with Crippen molar-refractivity contribution in [3.63, 3.8) is 0 Å². The fraction of sp³-hybridized carbons (Fsp3) is 0.562. The van der Waals surface area contributed by atoms with Gasteiger partial charge >= 0.3 is 0 Å².